The first kappa shape index (κ1) is 5.28. The molecule has 2 aliphatic carbocycles. The fourth-order valence-electron chi connectivity index (χ4n) is 1.79. The van der Waals surface area contributed by atoms with E-state index < -0.39 is 0 Å². The second-order valence-corrected chi connectivity index (χ2v) is 3.10. The summed E-state index contributed by atoms with van der Waals surface area (Å²) in [6.07, 6.45) is 12.3. The molecule has 0 aromatic carbocycles. The Morgan fingerprint density at radius 3 is 3.44 bits per heavy atom. The van der Waals surface area contributed by atoms with E-state index in [1.807, 2.05) is 0 Å². The summed E-state index contributed by atoms with van der Waals surface area (Å²) in [5, 5.41) is 0. The summed E-state index contributed by atoms with van der Waals surface area (Å²) in [7, 11) is 0. The summed E-state index contributed by atoms with van der Waals surface area (Å²) in [5.41, 5.74) is 1.67. The van der Waals surface area contributed by atoms with Gasteiger partial charge in [0.15, 0.2) is 0 Å². The molecule has 0 N–H and O–H groups in total. The maximum atomic E-state index is 2.30. The number of fused-ring (bicyclic) bond motifs is 2. The van der Waals surface area contributed by atoms with Crippen molar-refractivity contribution in [1.82, 2.24) is 0 Å². The van der Waals surface area contributed by atoms with Crippen LogP contribution in [0.25, 0.3) is 0 Å². The highest BCUT2D eigenvalue weighted by Crippen LogP contribution is 2.34. The Morgan fingerprint density at radius 2 is 2.44 bits per heavy atom. The van der Waals surface area contributed by atoms with Gasteiger partial charge in [-0.15, -0.1) is 0 Å². The molecule has 1 unspecified atom stereocenters. The molecule has 0 heteroatoms. The van der Waals surface area contributed by atoms with Gasteiger partial charge in [-0.3, -0.25) is 0 Å². The lowest BCUT2D eigenvalue weighted by Crippen LogP contribution is -1.87. The lowest BCUT2D eigenvalue weighted by molar-refractivity contribution is 0.567. The summed E-state index contributed by atoms with van der Waals surface area (Å²) >= 11 is 0. The third kappa shape index (κ3) is 0.937. The van der Waals surface area contributed by atoms with Gasteiger partial charge in [0, 0.05) is 0 Å². The van der Waals surface area contributed by atoms with Gasteiger partial charge >= 0.3 is 0 Å². The molecule has 0 aromatic rings. The standard InChI is InChI=1S/C9H12/c1-2-4-9-6-5-8(3-1)7-9/h1-3,9H,4-7H2. The van der Waals surface area contributed by atoms with E-state index in [9.17, 15) is 0 Å². The van der Waals surface area contributed by atoms with Gasteiger partial charge in [0.2, 0.25) is 0 Å². The van der Waals surface area contributed by atoms with E-state index in [2.05, 4.69) is 18.2 Å². The molecular weight excluding hydrogens is 108 g/mol. The fraction of sp³-hybridized carbons (Fsp3) is 0.556. The quantitative estimate of drug-likeness (QED) is 0.461. The number of hydrogen-bond donors (Lipinski definition) is 0. The molecule has 9 heavy (non-hydrogen) atoms. The SMILES string of the molecule is C1=CCC2CCC(=C1)C2. The highest BCUT2D eigenvalue weighted by Gasteiger charge is 2.18. The third-order valence-corrected chi connectivity index (χ3v) is 2.36. The van der Waals surface area contributed by atoms with Crippen LogP contribution < -0.4 is 0 Å². The van der Waals surface area contributed by atoms with Crippen LogP contribution in [0.3, 0.4) is 0 Å². The van der Waals surface area contributed by atoms with Crippen molar-refractivity contribution >= 4 is 0 Å². The van der Waals surface area contributed by atoms with E-state index in [-0.39, 0.29) is 0 Å². The minimum atomic E-state index is 0.995. The predicted octanol–water partition coefficient (Wildman–Crippen LogP) is 2.67. The van der Waals surface area contributed by atoms with E-state index in [4.69, 9.17) is 0 Å². The maximum Gasteiger partial charge on any atom is -0.0286 e. The smallest absolute Gasteiger partial charge is 0.0286 e. The van der Waals surface area contributed by atoms with Gasteiger partial charge in [0.05, 0.1) is 0 Å². The molecule has 0 heterocycles. The molecule has 0 amide bonds. The first-order valence-electron chi connectivity index (χ1n) is 3.80. The zero-order chi connectivity index (χ0) is 6.10. The average molecular weight is 120 g/mol. The van der Waals surface area contributed by atoms with E-state index in [0.717, 1.165) is 5.92 Å². The van der Waals surface area contributed by atoms with Gasteiger partial charge in [0.25, 0.3) is 0 Å². The number of allylic oxidation sites excluding steroid dienone is 4. The molecular formula is C9H12. The predicted molar refractivity (Wildman–Crippen MR) is 39.2 cm³/mol. The molecule has 0 radical (unpaired) electrons. The Kier molecular flexibility index (Phi) is 1.18. The van der Waals surface area contributed by atoms with Crippen LogP contribution in [-0.2, 0) is 0 Å². The molecule has 0 nitrogen and oxygen atoms in total. The average Bonchev–Trinajstić information content (AvgIpc) is 2.09. The highest BCUT2D eigenvalue weighted by atomic mass is 14.2. The van der Waals surface area contributed by atoms with Crippen LogP contribution in [0, 0.1) is 5.92 Å². The van der Waals surface area contributed by atoms with Gasteiger partial charge in [-0.25, -0.2) is 0 Å². The summed E-state index contributed by atoms with van der Waals surface area (Å²) in [5.74, 6) is 0.995. The van der Waals surface area contributed by atoms with Crippen molar-refractivity contribution in [2.75, 3.05) is 0 Å². The first-order valence-corrected chi connectivity index (χ1v) is 3.80. The largest absolute Gasteiger partial charge is 0.0843 e. The summed E-state index contributed by atoms with van der Waals surface area (Å²) in [6.45, 7) is 0. The second kappa shape index (κ2) is 2.02. The lowest BCUT2D eigenvalue weighted by atomic mass is 10.1. The zero-order valence-electron chi connectivity index (χ0n) is 5.64. The van der Waals surface area contributed by atoms with Crippen molar-refractivity contribution in [2.45, 2.75) is 25.7 Å². The van der Waals surface area contributed by atoms with Gasteiger partial charge in [0.1, 0.15) is 0 Å². The van der Waals surface area contributed by atoms with Crippen LogP contribution in [0.5, 0.6) is 0 Å². The second-order valence-electron chi connectivity index (χ2n) is 3.10. The van der Waals surface area contributed by atoms with E-state index in [1.54, 1.807) is 5.57 Å². The Bertz CT molecular complexity index is 163. The monoisotopic (exact) mass is 120 g/mol. The van der Waals surface area contributed by atoms with Crippen LogP contribution in [0.15, 0.2) is 23.8 Å². The first-order chi connectivity index (χ1) is 4.45. The van der Waals surface area contributed by atoms with Crippen molar-refractivity contribution in [3.63, 3.8) is 0 Å². The van der Waals surface area contributed by atoms with Crippen molar-refractivity contribution in [2.24, 2.45) is 5.92 Å². The van der Waals surface area contributed by atoms with Crippen LogP contribution in [0.2, 0.25) is 0 Å². The van der Waals surface area contributed by atoms with Crippen LogP contribution >= 0.6 is 0 Å². The van der Waals surface area contributed by atoms with E-state index in [1.165, 1.54) is 25.7 Å². The lowest BCUT2D eigenvalue weighted by Gasteiger charge is -2.00. The van der Waals surface area contributed by atoms with Gasteiger partial charge < -0.3 is 0 Å². The fourth-order valence-corrected chi connectivity index (χ4v) is 1.79. The topological polar surface area (TPSA) is 0 Å². The zero-order valence-corrected chi connectivity index (χ0v) is 5.64. The van der Waals surface area contributed by atoms with E-state index in [0.29, 0.717) is 0 Å². The molecule has 0 aromatic heterocycles. The molecule has 2 rings (SSSR count). The minimum absolute atomic E-state index is 0.995. The minimum Gasteiger partial charge on any atom is -0.0843 e. The van der Waals surface area contributed by atoms with Crippen LogP contribution in [-0.4, -0.2) is 0 Å². The van der Waals surface area contributed by atoms with Crippen LogP contribution in [0.4, 0.5) is 0 Å². The Morgan fingerprint density at radius 1 is 1.44 bits per heavy atom. The van der Waals surface area contributed by atoms with E-state index >= 15 is 0 Å². The number of hydrogen-bond acceptors (Lipinski definition) is 0. The van der Waals surface area contributed by atoms with Crippen molar-refractivity contribution < 1.29 is 0 Å². The van der Waals surface area contributed by atoms with Crippen LogP contribution in [0.1, 0.15) is 25.7 Å². The molecule has 1 saturated carbocycles. The van der Waals surface area contributed by atoms with Gasteiger partial charge in [-0.2, -0.15) is 0 Å². The third-order valence-electron chi connectivity index (χ3n) is 2.36. The number of rotatable bonds is 0. The molecule has 0 spiro atoms. The van der Waals surface area contributed by atoms with Crippen molar-refractivity contribution in [3.05, 3.63) is 23.8 Å². The summed E-state index contributed by atoms with van der Waals surface area (Å²) in [6, 6.07) is 0. The molecule has 1 fully saturated rings. The Hall–Kier alpha value is -0.520. The molecule has 48 valence electrons. The van der Waals surface area contributed by atoms with Gasteiger partial charge in [-0.05, 0) is 31.6 Å². The molecule has 0 saturated heterocycles. The summed E-state index contributed by atoms with van der Waals surface area (Å²) < 4.78 is 0. The highest BCUT2D eigenvalue weighted by molar-refractivity contribution is 5.19. The van der Waals surface area contributed by atoms with Crippen molar-refractivity contribution in [1.29, 1.82) is 0 Å². The Labute approximate surface area is 56.3 Å². The molecule has 1 atom stereocenters. The molecule has 0 aliphatic heterocycles. The summed E-state index contributed by atoms with van der Waals surface area (Å²) in [4.78, 5) is 0. The maximum absolute atomic E-state index is 2.30. The Balaban J connectivity index is 2.24. The molecule has 2 aliphatic rings. The molecule has 2 bridgehead atoms. The van der Waals surface area contributed by atoms with Crippen molar-refractivity contribution in [3.8, 4) is 0 Å². The normalized spacial score (nSPS) is 32.0. The van der Waals surface area contributed by atoms with Gasteiger partial charge in [-0.1, -0.05) is 23.8 Å².